The molecule has 6 nitrogen and oxygen atoms in total. The van der Waals surface area contributed by atoms with Crippen LogP contribution in [0, 0.1) is 13.8 Å². The molecule has 0 amide bonds. The van der Waals surface area contributed by atoms with Crippen molar-refractivity contribution in [1.29, 1.82) is 0 Å². The van der Waals surface area contributed by atoms with Crippen molar-refractivity contribution in [1.82, 2.24) is 0 Å². The van der Waals surface area contributed by atoms with E-state index >= 15 is 0 Å². The zero-order valence-corrected chi connectivity index (χ0v) is 14.8. The zero-order chi connectivity index (χ0) is 17.8. The summed E-state index contributed by atoms with van der Waals surface area (Å²) in [5.41, 5.74) is 3.97. The number of phenolic OH excluding ortho intramolecular Hbond substituents is 1. The molecular formula is C19H23NO5. The minimum atomic E-state index is -0.736. The van der Waals surface area contributed by atoms with Crippen molar-refractivity contribution in [3.8, 4) is 11.5 Å². The molecule has 1 atom stereocenters. The summed E-state index contributed by atoms with van der Waals surface area (Å²) in [4.78, 5) is 17.0. The highest BCUT2D eigenvalue weighted by molar-refractivity contribution is 6.07. The van der Waals surface area contributed by atoms with Gasteiger partial charge in [-0.3, -0.25) is 0 Å². The Morgan fingerprint density at radius 3 is 2.68 bits per heavy atom. The minimum absolute atomic E-state index is 0.0701. The number of nitrogens with zero attached hydrogens (tertiary/aromatic N) is 1. The van der Waals surface area contributed by atoms with Crippen molar-refractivity contribution < 1.29 is 24.2 Å². The SMILES string of the molecule is COC(=O)C1CC(c2c(C)c(O)c(C)c3c2OC2(CCC2)CC3)=NO1. The van der Waals surface area contributed by atoms with Crippen LogP contribution < -0.4 is 4.74 Å². The van der Waals surface area contributed by atoms with Gasteiger partial charge in [-0.15, -0.1) is 0 Å². The van der Waals surface area contributed by atoms with Crippen LogP contribution >= 0.6 is 0 Å². The molecule has 1 saturated carbocycles. The molecule has 2 aliphatic heterocycles. The van der Waals surface area contributed by atoms with Crippen molar-refractivity contribution in [2.45, 2.75) is 64.1 Å². The van der Waals surface area contributed by atoms with Crippen molar-refractivity contribution in [2.75, 3.05) is 7.11 Å². The molecule has 25 heavy (non-hydrogen) atoms. The van der Waals surface area contributed by atoms with Gasteiger partial charge >= 0.3 is 5.97 Å². The molecule has 6 heteroatoms. The van der Waals surface area contributed by atoms with E-state index in [0.29, 0.717) is 12.1 Å². The molecule has 1 fully saturated rings. The monoisotopic (exact) mass is 345 g/mol. The number of esters is 1. The van der Waals surface area contributed by atoms with Crippen LogP contribution in [-0.2, 0) is 20.8 Å². The lowest BCUT2D eigenvalue weighted by Gasteiger charge is -2.46. The number of carbonyl (C=O) groups is 1. The lowest BCUT2D eigenvalue weighted by atomic mass is 9.73. The Kier molecular flexibility index (Phi) is 3.67. The van der Waals surface area contributed by atoms with Crippen LogP contribution in [0.25, 0.3) is 0 Å². The number of fused-ring (bicyclic) bond motifs is 1. The first-order valence-electron chi connectivity index (χ1n) is 8.80. The Labute approximate surface area is 146 Å². The molecular weight excluding hydrogens is 322 g/mol. The van der Waals surface area contributed by atoms with Crippen molar-refractivity contribution in [3.05, 3.63) is 22.3 Å². The summed E-state index contributed by atoms with van der Waals surface area (Å²) in [6.45, 7) is 3.79. The van der Waals surface area contributed by atoms with Gasteiger partial charge in [0, 0.05) is 23.1 Å². The second kappa shape index (κ2) is 5.64. The molecule has 0 bridgehead atoms. The molecule has 1 aromatic carbocycles. The summed E-state index contributed by atoms with van der Waals surface area (Å²) >= 11 is 0. The topological polar surface area (TPSA) is 77.4 Å². The first-order chi connectivity index (χ1) is 12.0. The predicted molar refractivity (Wildman–Crippen MR) is 91.2 cm³/mol. The van der Waals surface area contributed by atoms with Gasteiger partial charge < -0.3 is 19.4 Å². The number of hydrogen-bond donors (Lipinski definition) is 1. The third-order valence-electron chi connectivity index (χ3n) is 5.87. The Balaban J connectivity index is 1.78. The highest BCUT2D eigenvalue weighted by atomic mass is 16.7. The number of rotatable bonds is 2. The second-order valence-electron chi connectivity index (χ2n) is 7.28. The number of benzene rings is 1. The summed E-state index contributed by atoms with van der Waals surface area (Å²) in [5, 5.41) is 14.7. The smallest absolute Gasteiger partial charge is 0.350 e. The molecule has 1 aromatic rings. The lowest BCUT2D eigenvalue weighted by molar-refractivity contribution is -0.152. The molecule has 1 spiro atoms. The number of carbonyl (C=O) groups excluding carboxylic acids is 1. The Bertz CT molecular complexity index is 779. The second-order valence-corrected chi connectivity index (χ2v) is 7.28. The summed E-state index contributed by atoms with van der Waals surface area (Å²) in [5.74, 6) is 0.635. The summed E-state index contributed by atoms with van der Waals surface area (Å²) in [6.07, 6.45) is 4.78. The van der Waals surface area contributed by atoms with Crippen LogP contribution in [-0.4, -0.2) is 35.6 Å². The van der Waals surface area contributed by atoms with Gasteiger partial charge in [-0.05, 0) is 51.5 Å². The maximum absolute atomic E-state index is 11.7. The van der Waals surface area contributed by atoms with Gasteiger partial charge in [0.1, 0.15) is 17.1 Å². The van der Waals surface area contributed by atoms with Gasteiger partial charge in [-0.1, -0.05) is 5.16 Å². The van der Waals surface area contributed by atoms with Crippen LogP contribution in [0.4, 0.5) is 0 Å². The van der Waals surface area contributed by atoms with Gasteiger partial charge in [0.15, 0.2) is 0 Å². The molecule has 0 aromatic heterocycles. The van der Waals surface area contributed by atoms with E-state index in [-0.39, 0.29) is 11.4 Å². The number of aromatic hydroxyl groups is 1. The summed E-state index contributed by atoms with van der Waals surface area (Å²) < 4.78 is 11.2. The van der Waals surface area contributed by atoms with E-state index < -0.39 is 12.1 Å². The van der Waals surface area contributed by atoms with Crippen molar-refractivity contribution in [2.24, 2.45) is 5.16 Å². The lowest BCUT2D eigenvalue weighted by Crippen LogP contribution is -2.46. The van der Waals surface area contributed by atoms with E-state index in [0.717, 1.165) is 53.7 Å². The van der Waals surface area contributed by atoms with Gasteiger partial charge in [0.25, 0.3) is 0 Å². The highest BCUT2D eigenvalue weighted by Gasteiger charge is 2.44. The Morgan fingerprint density at radius 1 is 1.28 bits per heavy atom. The first kappa shape index (κ1) is 16.2. The molecule has 0 saturated heterocycles. The highest BCUT2D eigenvalue weighted by Crippen LogP contribution is 2.50. The fourth-order valence-corrected chi connectivity index (χ4v) is 4.12. The zero-order valence-electron chi connectivity index (χ0n) is 14.8. The molecule has 1 unspecified atom stereocenters. The quantitative estimate of drug-likeness (QED) is 0.834. The standard InChI is InChI=1S/C19H23NO5/c1-10-12-5-8-19(6-4-7-19)24-17(12)15(11(2)16(10)21)13-9-14(25-20-13)18(22)23-3/h14,21H,4-9H2,1-3H3. The fraction of sp³-hybridized carbons (Fsp3) is 0.579. The van der Waals surface area contributed by atoms with Crippen molar-refractivity contribution >= 4 is 11.7 Å². The predicted octanol–water partition coefficient (Wildman–Crippen LogP) is 2.92. The maximum atomic E-state index is 11.7. The van der Waals surface area contributed by atoms with Crippen LogP contribution in [0.5, 0.6) is 11.5 Å². The number of ether oxygens (including phenoxy) is 2. The third-order valence-corrected chi connectivity index (χ3v) is 5.87. The molecule has 0 radical (unpaired) electrons. The molecule has 4 rings (SSSR count). The molecule has 134 valence electrons. The van der Waals surface area contributed by atoms with E-state index in [1.807, 2.05) is 13.8 Å². The molecule has 1 N–H and O–H groups in total. The Morgan fingerprint density at radius 2 is 2.04 bits per heavy atom. The Hall–Kier alpha value is -2.24. The van der Waals surface area contributed by atoms with Crippen LogP contribution in [0.15, 0.2) is 5.16 Å². The summed E-state index contributed by atoms with van der Waals surface area (Å²) in [7, 11) is 1.33. The number of methoxy groups -OCH3 is 1. The van der Waals surface area contributed by atoms with Gasteiger partial charge in [0.05, 0.1) is 12.8 Å². The molecule has 1 aliphatic carbocycles. The largest absolute Gasteiger partial charge is 0.507 e. The van der Waals surface area contributed by atoms with Crippen LogP contribution in [0.2, 0.25) is 0 Å². The normalized spacial score (nSPS) is 23.2. The van der Waals surface area contributed by atoms with Crippen LogP contribution in [0.3, 0.4) is 0 Å². The van der Waals surface area contributed by atoms with E-state index in [4.69, 9.17) is 14.3 Å². The third kappa shape index (κ3) is 2.38. The van der Waals surface area contributed by atoms with E-state index in [9.17, 15) is 9.90 Å². The molecule has 2 heterocycles. The maximum Gasteiger partial charge on any atom is 0.350 e. The van der Waals surface area contributed by atoms with E-state index in [1.54, 1.807) is 0 Å². The van der Waals surface area contributed by atoms with Gasteiger partial charge in [-0.25, -0.2) is 4.79 Å². The average Bonchev–Trinajstić information content (AvgIpc) is 3.07. The average molecular weight is 345 g/mol. The number of hydrogen-bond acceptors (Lipinski definition) is 6. The number of oxime groups is 1. The van der Waals surface area contributed by atoms with Crippen LogP contribution in [0.1, 0.15) is 54.4 Å². The van der Waals surface area contributed by atoms with Gasteiger partial charge in [0.2, 0.25) is 6.10 Å². The minimum Gasteiger partial charge on any atom is -0.507 e. The number of phenols is 1. The van der Waals surface area contributed by atoms with E-state index in [1.165, 1.54) is 13.5 Å². The first-order valence-corrected chi connectivity index (χ1v) is 8.80. The fourth-order valence-electron chi connectivity index (χ4n) is 4.12. The van der Waals surface area contributed by atoms with E-state index in [2.05, 4.69) is 5.16 Å². The van der Waals surface area contributed by atoms with Crippen molar-refractivity contribution in [3.63, 3.8) is 0 Å². The van der Waals surface area contributed by atoms with Gasteiger partial charge in [-0.2, -0.15) is 0 Å². The molecule has 3 aliphatic rings. The summed E-state index contributed by atoms with van der Waals surface area (Å²) in [6, 6.07) is 0.